The number of carbonyl (C=O) groups is 1. The van der Waals surface area contributed by atoms with Crippen molar-refractivity contribution in [3.05, 3.63) is 65.7 Å². The molecule has 1 aliphatic rings. The molecule has 0 radical (unpaired) electrons. The largest absolute Gasteiger partial charge is 0.507 e. The summed E-state index contributed by atoms with van der Waals surface area (Å²) < 4.78 is 0. The summed E-state index contributed by atoms with van der Waals surface area (Å²) in [6.07, 6.45) is 1.45. The number of amidine groups is 1. The van der Waals surface area contributed by atoms with Crippen LogP contribution in [0.25, 0.3) is 0 Å². The number of phenols is 1. The van der Waals surface area contributed by atoms with Crippen LogP contribution in [0.15, 0.2) is 64.8 Å². The van der Waals surface area contributed by atoms with Crippen molar-refractivity contribution < 1.29 is 9.90 Å². The lowest BCUT2D eigenvalue weighted by Gasteiger charge is -2.03. The first-order valence-electron chi connectivity index (χ1n) is 6.65. The molecule has 110 valence electrons. The van der Waals surface area contributed by atoms with E-state index in [1.165, 1.54) is 18.0 Å². The van der Waals surface area contributed by atoms with Gasteiger partial charge in [-0.05, 0) is 17.7 Å². The third kappa shape index (κ3) is 3.17. The minimum absolute atomic E-state index is 0.104. The number of phenolic OH excluding ortho intramolecular Hbond substituents is 1. The molecule has 0 aliphatic carbocycles. The van der Waals surface area contributed by atoms with Crippen molar-refractivity contribution in [3.63, 3.8) is 0 Å². The molecule has 6 heteroatoms. The van der Waals surface area contributed by atoms with E-state index in [9.17, 15) is 9.90 Å². The lowest BCUT2D eigenvalue weighted by atomic mass is 10.1. The van der Waals surface area contributed by atoms with Gasteiger partial charge in [0.1, 0.15) is 11.0 Å². The number of thioether (sulfide) groups is 1. The molecular formula is C16H13N3O2S. The summed E-state index contributed by atoms with van der Waals surface area (Å²) in [5.41, 5.74) is 1.50. The van der Waals surface area contributed by atoms with Crippen LogP contribution in [0.5, 0.6) is 5.75 Å². The second-order valence-electron chi connectivity index (χ2n) is 4.61. The Labute approximate surface area is 131 Å². The fraction of sp³-hybridized carbons (Fsp3) is 0.0625. The second kappa shape index (κ2) is 6.44. The fourth-order valence-corrected chi connectivity index (χ4v) is 2.94. The van der Waals surface area contributed by atoms with Crippen molar-refractivity contribution >= 4 is 29.1 Å². The number of hydrogen-bond donors (Lipinski definition) is 2. The lowest BCUT2D eigenvalue weighted by Crippen LogP contribution is -2.21. The van der Waals surface area contributed by atoms with E-state index in [1.807, 2.05) is 30.3 Å². The molecule has 1 atom stereocenters. The summed E-state index contributed by atoms with van der Waals surface area (Å²) in [6.45, 7) is 0. The summed E-state index contributed by atoms with van der Waals surface area (Å²) >= 11 is 1.32. The van der Waals surface area contributed by atoms with Crippen LogP contribution >= 0.6 is 11.8 Å². The zero-order valence-corrected chi connectivity index (χ0v) is 12.3. The summed E-state index contributed by atoms with van der Waals surface area (Å²) in [4.78, 5) is 12.0. The maximum absolute atomic E-state index is 12.0. The van der Waals surface area contributed by atoms with E-state index in [0.29, 0.717) is 10.7 Å². The Hall–Kier alpha value is -2.60. The third-order valence-corrected chi connectivity index (χ3v) is 4.21. The smallest absolute Gasteiger partial charge is 0.244 e. The number of para-hydroxylation sites is 1. The molecule has 1 aliphatic heterocycles. The van der Waals surface area contributed by atoms with Crippen molar-refractivity contribution in [1.82, 2.24) is 5.32 Å². The number of nitrogens with zero attached hydrogens (tertiary/aromatic N) is 2. The topological polar surface area (TPSA) is 74.0 Å². The Bertz CT molecular complexity index is 744. The van der Waals surface area contributed by atoms with Crippen LogP contribution in [0, 0.1) is 0 Å². The molecule has 1 fully saturated rings. The molecule has 2 aromatic carbocycles. The molecule has 0 aromatic heterocycles. The molecule has 1 amide bonds. The van der Waals surface area contributed by atoms with Gasteiger partial charge in [-0.2, -0.15) is 5.10 Å². The van der Waals surface area contributed by atoms with E-state index in [0.717, 1.165) is 5.56 Å². The van der Waals surface area contributed by atoms with Gasteiger partial charge < -0.3 is 10.4 Å². The van der Waals surface area contributed by atoms with Gasteiger partial charge in [0.05, 0.1) is 6.21 Å². The normalized spacial score (nSPS) is 19.7. The number of carbonyl (C=O) groups excluding carboxylic acids is 1. The van der Waals surface area contributed by atoms with Gasteiger partial charge in [0.25, 0.3) is 0 Å². The Morgan fingerprint density at radius 2 is 1.82 bits per heavy atom. The number of aromatic hydroxyl groups is 1. The quantitative estimate of drug-likeness (QED) is 0.676. The van der Waals surface area contributed by atoms with E-state index in [4.69, 9.17) is 0 Å². The molecule has 2 N–H and O–H groups in total. The van der Waals surface area contributed by atoms with Crippen LogP contribution in [0.3, 0.4) is 0 Å². The number of benzene rings is 2. The SMILES string of the molecule is O=C1NC(=N/N=C\c2ccccc2O)S[C@@H]1c1ccccc1. The molecule has 1 heterocycles. The van der Waals surface area contributed by atoms with Gasteiger partial charge in [0.2, 0.25) is 5.91 Å². The Balaban J connectivity index is 1.72. The maximum atomic E-state index is 12.0. The summed E-state index contributed by atoms with van der Waals surface area (Å²) in [5, 5.41) is 20.4. The monoisotopic (exact) mass is 311 g/mol. The van der Waals surface area contributed by atoms with Gasteiger partial charge >= 0.3 is 0 Å². The van der Waals surface area contributed by atoms with Crippen molar-refractivity contribution in [2.24, 2.45) is 10.2 Å². The number of hydrogen-bond acceptors (Lipinski definition) is 5. The first-order valence-corrected chi connectivity index (χ1v) is 7.53. The van der Waals surface area contributed by atoms with E-state index >= 15 is 0 Å². The van der Waals surface area contributed by atoms with Crippen LogP contribution in [-0.2, 0) is 4.79 Å². The first kappa shape index (κ1) is 14.3. The van der Waals surface area contributed by atoms with Gasteiger partial charge in [-0.3, -0.25) is 4.79 Å². The molecule has 0 saturated carbocycles. The predicted molar refractivity (Wildman–Crippen MR) is 88.1 cm³/mol. The standard InChI is InChI=1S/C16H13N3O2S/c20-13-9-5-4-8-12(13)10-17-19-16-18-15(21)14(22-16)11-6-2-1-3-7-11/h1-10,14,20H,(H,18,19,21)/b17-10-/t14-/m1/s1. The molecule has 0 unspecified atom stereocenters. The van der Waals surface area contributed by atoms with E-state index in [2.05, 4.69) is 15.5 Å². The van der Waals surface area contributed by atoms with Crippen LogP contribution in [0.2, 0.25) is 0 Å². The zero-order valence-electron chi connectivity index (χ0n) is 11.5. The Kier molecular flexibility index (Phi) is 4.20. The average Bonchev–Trinajstić information content (AvgIpc) is 2.91. The molecule has 5 nitrogen and oxygen atoms in total. The first-order chi connectivity index (χ1) is 10.7. The van der Waals surface area contributed by atoms with Gasteiger partial charge in [-0.25, -0.2) is 0 Å². The van der Waals surface area contributed by atoms with Gasteiger partial charge in [-0.1, -0.05) is 54.2 Å². The highest BCUT2D eigenvalue weighted by Crippen LogP contribution is 2.34. The average molecular weight is 311 g/mol. The van der Waals surface area contributed by atoms with Crippen molar-refractivity contribution in [3.8, 4) is 5.75 Å². The molecule has 3 rings (SSSR count). The van der Waals surface area contributed by atoms with Crippen molar-refractivity contribution in [2.75, 3.05) is 0 Å². The molecular weight excluding hydrogens is 298 g/mol. The van der Waals surface area contributed by atoms with Gasteiger partial charge in [-0.15, -0.1) is 5.10 Å². The van der Waals surface area contributed by atoms with E-state index in [1.54, 1.807) is 24.3 Å². The molecule has 2 aromatic rings. The minimum atomic E-state index is -0.305. The summed E-state index contributed by atoms with van der Waals surface area (Å²) in [7, 11) is 0. The maximum Gasteiger partial charge on any atom is 0.244 e. The lowest BCUT2D eigenvalue weighted by molar-refractivity contribution is -0.118. The number of nitrogens with one attached hydrogen (secondary N) is 1. The molecule has 0 bridgehead atoms. The van der Waals surface area contributed by atoms with Crippen LogP contribution in [0.4, 0.5) is 0 Å². The molecule has 1 saturated heterocycles. The second-order valence-corrected chi connectivity index (χ2v) is 5.70. The van der Waals surface area contributed by atoms with E-state index < -0.39 is 0 Å². The van der Waals surface area contributed by atoms with Crippen molar-refractivity contribution in [1.29, 1.82) is 0 Å². The summed E-state index contributed by atoms with van der Waals surface area (Å²) in [5.74, 6) is 0.0319. The Morgan fingerprint density at radius 1 is 1.09 bits per heavy atom. The number of amides is 1. The van der Waals surface area contributed by atoms with Gasteiger partial charge in [0, 0.05) is 5.56 Å². The third-order valence-electron chi connectivity index (χ3n) is 3.08. The predicted octanol–water partition coefficient (Wildman–Crippen LogP) is 2.69. The molecule has 22 heavy (non-hydrogen) atoms. The van der Waals surface area contributed by atoms with Crippen molar-refractivity contribution in [2.45, 2.75) is 5.25 Å². The van der Waals surface area contributed by atoms with Gasteiger partial charge in [0.15, 0.2) is 5.17 Å². The highest BCUT2D eigenvalue weighted by Gasteiger charge is 2.31. The fourth-order valence-electron chi connectivity index (χ4n) is 2.00. The highest BCUT2D eigenvalue weighted by atomic mass is 32.2. The minimum Gasteiger partial charge on any atom is -0.507 e. The van der Waals surface area contributed by atoms with Crippen LogP contribution in [0.1, 0.15) is 16.4 Å². The van der Waals surface area contributed by atoms with Crippen LogP contribution in [-0.4, -0.2) is 22.4 Å². The van der Waals surface area contributed by atoms with E-state index in [-0.39, 0.29) is 16.9 Å². The Morgan fingerprint density at radius 3 is 2.59 bits per heavy atom. The zero-order chi connectivity index (χ0) is 15.4. The summed E-state index contributed by atoms with van der Waals surface area (Å²) in [6, 6.07) is 16.4. The number of rotatable bonds is 3. The molecule has 0 spiro atoms. The highest BCUT2D eigenvalue weighted by molar-refractivity contribution is 8.15. The van der Waals surface area contributed by atoms with Crippen LogP contribution < -0.4 is 5.32 Å².